The number of hydrogen-bond donors (Lipinski definition) is 2. The Labute approximate surface area is 216 Å². The fourth-order valence-corrected chi connectivity index (χ4v) is 5.37. The summed E-state index contributed by atoms with van der Waals surface area (Å²) in [4.78, 5) is 0. The Hall–Kier alpha value is -1.78. The molecule has 6 atom stereocenters. The van der Waals surface area contributed by atoms with Gasteiger partial charge >= 0.3 is 0 Å². The summed E-state index contributed by atoms with van der Waals surface area (Å²) in [6, 6.07) is 16.9. The Morgan fingerprint density at radius 3 is 2.14 bits per heavy atom. The zero-order chi connectivity index (χ0) is 26.5. The molecule has 1 aliphatic heterocycles. The second-order valence-corrected chi connectivity index (χ2v) is 15.5. The SMILES string of the molecule is CCO[C@H]1[C@@H](O[Si](C)(C)C(C)(C)C)[C@H](OCc2ccc(OC)cc2)[C@@H]([C@@H](O)c2ccccc2)O[C@@H]1O. The van der Waals surface area contributed by atoms with E-state index in [9.17, 15) is 10.2 Å². The van der Waals surface area contributed by atoms with Gasteiger partial charge in [-0.3, -0.25) is 0 Å². The van der Waals surface area contributed by atoms with E-state index in [4.69, 9.17) is 23.4 Å². The molecule has 3 rings (SSSR count). The summed E-state index contributed by atoms with van der Waals surface area (Å²) in [5.41, 5.74) is 1.61. The van der Waals surface area contributed by atoms with Crippen molar-refractivity contribution in [2.24, 2.45) is 0 Å². The molecule has 1 aliphatic rings. The molecule has 1 fully saturated rings. The quantitative estimate of drug-likeness (QED) is 0.436. The minimum atomic E-state index is -2.32. The van der Waals surface area contributed by atoms with Crippen LogP contribution in [0.25, 0.3) is 0 Å². The standard InChI is InChI=1S/C28H42O7Si/c1-8-32-26-25(35-36(6,7)28(2,3)4)24(33-18-19-14-16-21(31-5)17-15-19)23(34-27(26)30)22(29)20-12-10-9-11-13-20/h9-17,22-27,29-30H,8,18H2,1-7H3/t22-,23+,24+,25-,26-,27-/m0/s1. The van der Waals surface area contributed by atoms with Gasteiger partial charge in [0, 0.05) is 6.61 Å². The first-order chi connectivity index (χ1) is 17.0. The zero-order valence-corrected chi connectivity index (χ0v) is 23.5. The molecule has 0 radical (unpaired) electrons. The lowest BCUT2D eigenvalue weighted by Gasteiger charge is -2.49. The largest absolute Gasteiger partial charge is 0.497 e. The number of aliphatic hydroxyl groups excluding tert-OH is 2. The summed E-state index contributed by atoms with van der Waals surface area (Å²) in [5.74, 6) is 0.760. The van der Waals surface area contributed by atoms with Gasteiger partial charge in [-0.15, -0.1) is 0 Å². The molecule has 1 saturated heterocycles. The molecule has 2 aromatic carbocycles. The summed E-state index contributed by atoms with van der Waals surface area (Å²) in [6.07, 6.45) is -5.28. The van der Waals surface area contributed by atoms with Gasteiger partial charge in [0.05, 0.1) is 13.7 Å². The third-order valence-corrected chi connectivity index (χ3v) is 11.7. The molecule has 0 saturated carbocycles. The molecule has 2 N–H and O–H groups in total. The second-order valence-electron chi connectivity index (χ2n) is 10.7. The maximum absolute atomic E-state index is 11.4. The Bertz CT molecular complexity index is 929. The van der Waals surface area contributed by atoms with E-state index >= 15 is 0 Å². The lowest BCUT2D eigenvalue weighted by atomic mass is 9.91. The van der Waals surface area contributed by atoms with Crippen LogP contribution in [0, 0.1) is 0 Å². The average Bonchev–Trinajstić information content (AvgIpc) is 2.85. The zero-order valence-electron chi connectivity index (χ0n) is 22.5. The molecular weight excluding hydrogens is 476 g/mol. The van der Waals surface area contributed by atoms with Crippen LogP contribution in [0.4, 0.5) is 0 Å². The van der Waals surface area contributed by atoms with Crippen LogP contribution in [-0.4, -0.2) is 63.0 Å². The van der Waals surface area contributed by atoms with Crippen LogP contribution in [-0.2, 0) is 25.2 Å². The van der Waals surface area contributed by atoms with Crippen LogP contribution >= 0.6 is 0 Å². The van der Waals surface area contributed by atoms with Crippen LogP contribution < -0.4 is 4.74 Å². The molecular formula is C28H42O7Si. The molecule has 0 aromatic heterocycles. The van der Waals surface area contributed by atoms with Gasteiger partial charge in [-0.25, -0.2) is 0 Å². The second kappa shape index (κ2) is 12.2. The normalized spacial score (nSPS) is 26.0. The molecule has 2 aromatic rings. The van der Waals surface area contributed by atoms with Crippen LogP contribution in [0.15, 0.2) is 54.6 Å². The monoisotopic (exact) mass is 518 g/mol. The van der Waals surface area contributed by atoms with Crippen molar-refractivity contribution in [3.63, 3.8) is 0 Å². The van der Waals surface area contributed by atoms with Crippen molar-refractivity contribution in [1.82, 2.24) is 0 Å². The highest BCUT2D eigenvalue weighted by atomic mass is 28.4. The van der Waals surface area contributed by atoms with Crippen molar-refractivity contribution < 1.29 is 33.6 Å². The molecule has 0 unspecified atom stereocenters. The van der Waals surface area contributed by atoms with Gasteiger partial charge in [0.25, 0.3) is 0 Å². The van der Waals surface area contributed by atoms with Gasteiger partial charge in [0.2, 0.25) is 0 Å². The van der Waals surface area contributed by atoms with Crippen LogP contribution in [0.2, 0.25) is 18.1 Å². The van der Waals surface area contributed by atoms with Crippen molar-refractivity contribution in [1.29, 1.82) is 0 Å². The van der Waals surface area contributed by atoms with Crippen molar-refractivity contribution >= 4 is 8.32 Å². The maximum Gasteiger partial charge on any atom is 0.192 e. The fraction of sp³-hybridized carbons (Fsp3) is 0.571. The highest BCUT2D eigenvalue weighted by Crippen LogP contribution is 2.41. The highest BCUT2D eigenvalue weighted by Gasteiger charge is 2.53. The summed E-state index contributed by atoms with van der Waals surface area (Å²) < 4.78 is 30.6. The molecule has 0 spiro atoms. The number of hydrogen-bond acceptors (Lipinski definition) is 7. The van der Waals surface area contributed by atoms with E-state index in [1.807, 2.05) is 61.5 Å². The van der Waals surface area contributed by atoms with Gasteiger partial charge in [0.1, 0.15) is 36.3 Å². The van der Waals surface area contributed by atoms with Gasteiger partial charge in [0.15, 0.2) is 14.6 Å². The Morgan fingerprint density at radius 2 is 1.58 bits per heavy atom. The van der Waals surface area contributed by atoms with E-state index in [1.54, 1.807) is 7.11 Å². The van der Waals surface area contributed by atoms with Crippen molar-refractivity contribution in [3.8, 4) is 5.75 Å². The molecule has 8 heteroatoms. The lowest BCUT2D eigenvalue weighted by molar-refractivity contribution is -0.311. The first kappa shape index (κ1) is 28.8. The summed E-state index contributed by atoms with van der Waals surface area (Å²) >= 11 is 0. The summed E-state index contributed by atoms with van der Waals surface area (Å²) in [5, 5.41) is 22.3. The third-order valence-electron chi connectivity index (χ3n) is 7.20. The number of rotatable bonds is 10. The van der Waals surface area contributed by atoms with E-state index in [0.717, 1.165) is 11.3 Å². The molecule has 0 bridgehead atoms. The van der Waals surface area contributed by atoms with Crippen LogP contribution in [0.5, 0.6) is 5.75 Å². The predicted molar refractivity (Wildman–Crippen MR) is 141 cm³/mol. The summed E-state index contributed by atoms with van der Waals surface area (Å²) in [6.45, 7) is 13.3. The third kappa shape index (κ3) is 6.75. The number of benzene rings is 2. The minimum absolute atomic E-state index is 0.0822. The van der Waals surface area contributed by atoms with E-state index in [-0.39, 0.29) is 11.6 Å². The van der Waals surface area contributed by atoms with Crippen molar-refractivity contribution in [2.45, 2.75) is 89.2 Å². The van der Waals surface area contributed by atoms with Gasteiger partial charge < -0.3 is 33.6 Å². The van der Waals surface area contributed by atoms with Gasteiger partial charge in [-0.2, -0.15) is 0 Å². The maximum atomic E-state index is 11.4. The predicted octanol–water partition coefficient (Wildman–Crippen LogP) is 4.83. The van der Waals surface area contributed by atoms with E-state index < -0.39 is 45.1 Å². The molecule has 7 nitrogen and oxygen atoms in total. The number of methoxy groups -OCH3 is 1. The highest BCUT2D eigenvalue weighted by molar-refractivity contribution is 6.74. The van der Waals surface area contributed by atoms with Crippen molar-refractivity contribution in [3.05, 3.63) is 65.7 Å². The average molecular weight is 519 g/mol. The summed E-state index contributed by atoms with van der Waals surface area (Å²) in [7, 11) is -0.696. The van der Waals surface area contributed by atoms with E-state index in [2.05, 4.69) is 33.9 Å². The molecule has 0 amide bonds. The topological polar surface area (TPSA) is 86.6 Å². The number of ether oxygens (including phenoxy) is 4. The molecule has 36 heavy (non-hydrogen) atoms. The number of aliphatic hydroxyl groups is 2. The smallest absolute Gasteiger partial charge is 0.192 e. The van der Waals surface area contributed by atoms with Gasteiger partial charge in [-0.1, -0.05) is 63.2 Å². The minimum Gasteiger partial charge on any atom is -0.497 e. The Balaban J connectivity index is 1.98. The van der Waals surface area contributed by atoms with Crippen LogP contribution in [0.1, 0.15) is 44.9 Å². The van der Waals surface area contributed by atoms with Crippen LogP contribution in [0.3, 0.4) is 0 Å². The molecule has 200 valence electrons. The Morgan fingerprint density at radius 1 is 0.944 bits per heavy atom. The van der Waals surface area contributed by atoms with Gasteiger partial charge in [-0.05, 0) is 48.3 Å². The molecule has 1 heterocycles. The van der Waals surface area contributed by atoms with E-state index in [1.165, 1.54) is 0 Å². The Kier molecular flexibility index (Phi) is 9.73. The first-order valence-electron chi connectivity index (χ1n) is 12.6. The fourth-order valence-electron chi connectivity index (χ4n) is 4.07. The first-order valence-corrected chi connectivity index (χ1v) is 15.5. The van der Waals surface area contributed by atoms with Crippen molar-refractivity contribution in [2.75, 3.05) is 13.7 Å². The molecule has 0 aliphatic carbocycles. The lowest BCUT2D eigenvalue weighted by Crippen LogP contribution is -2.64. The van der Waals surface area contributed by atoms with E-state index in [0.29, 0.717) is 12.2 Å².